The highest BCUT2D eigenvalue weighted by Crippen LogP contribution is 2.38. The molecular weight excluding hydrogens is 345 g/mol. The predicted molar refractivity (Wildman–Crippen MR) is 79.1 cm³/mol. The lowest BCUT2D eigenvalue weighted by molar-refractivity contribution is -0.384. The SMILES string of the molecule is O=[N+]([O-])c1cnc2c(Br)c(F)ccc2c1N1CCOCC1. The van der Waals surface area contributed by atoms with E-state index in [2.05, 4.69) is 20.9 Å². The van der Waals surface area contributed by atoms with E-state index in [0.717, 1.165) is 0 Å². The number of ether oxygens (including phenoxy) is 1. The Morgan fingerprint density at radius 3 is 2.76 bits per heavy atom. The second-order valence-electron chi connectivity index (χ2n) is 4.61. The van der Waals surface area contributed by atoms with E-state index < -0.39 is 10.7 Å². The summed E-state index contributed by atoms with van der Waals surface area (Å²) in [5.74, 6) is -0.447. The summed E-state index contributed by atoms with van der Waals surface area (Å²) in [5.41, 5.74) is 0.763. The van der Waals surface area contributed by atoms with Crippen molar-refractivity contribution in [3.63, 3.8) is 0 Å². The Morgan fingerprint density at radius 2 is 2.10 bits per heavy atom. The van der Waals surface area contributed by atoms with Gasteiger partial charge >= 0.3 is 5.69 Å². The summed E-state index contributed by atoms with van der Waals surface area (Å²) in [5, 5.41) is 11.8. The van der Waals surface area contributed by atoms with Crippen molar-refractivity contribution < 1.29 is 14.1 Å². The number of hydrogen-bond donors (Lipinski definition) is 0. The molecule has 0 saturated carbocycles. The summed E-state index contributed by atoms with van der Waals surface area (Å²) in [6, 6.07) is 2.81. The summed E-state index contributed by atoms with van der Waals surface area (Å²) in [7, 11) is 0. The van der Waals surface area contributed by atoms with Crippen molar-refractivity contribution in [1.82, 2.24) is 4.98 Å². The molecule has 1 saturated heterocycles. The summed E-state index contributed by atoms with van der Waals surface area (Å²) in [6.45, 7) is 2.11. The van der Waals surface area contributed by atoms with Gasteiger partial charge < -0.3 is 9.64 Å². The quantitative estimate of drug-likeness (QED) is 0.611. The normalized spacial score (nSPS) is 15.4. The van der Waals surface area contributed by atoms with E-state index in [4.69, 9.17) is 4.74 Å². The zero-order valence-electron chi connectivity index (χ0n) is 10.9. The minimum Gasteiger partial charge on any atom is -0.378 e. The topological polar surface area (TPSA) is 68.5 Å². The largest absolute Gasteiger partial charge is 0.378 e. The van der Waals surface area contributed by atoms with Gasteiger partial charge in [0.2, 0.25) is 0 Å². The summed E-state index contributed by atoms with van der Waals surface area (Å²) in [4.78, 5) is 16.7. The number of nitro groups is 1. The molecule has 0 unspecified atom stereocenters. The molecule has 6 nitrogen and oxygen atoms in total. The second-order valence-corrected chi connectivity index (χ2v) is 5.40. The Labute approximate surface area is 127 Å². The molecule has 3 rings (SSSR count). The number of pyridine rings is 1. The highest BCUT2D eigenvalue weighted by molar-refractivity contribution is 9.10. The number of halogens is 2. The lowest BCUT2D eigenvalue weighted by atomic mass is 10.1. The van der Waals surface area contributed by atoms with Crippen LogP contribution in [0.15, 0.2) is 22.8 Å². The molecule has 110 valence electrons. The van der Waals surface area contributed by atoms with Crippen LogP contribution in [0.3, 0.4) is 0 Å². The zero-order valence-corrected chi connectivity index (χ0v) is 12.5. The Kier molecular flexibility index (Phi) is 3.73. The first-order valence-corrected chi connectivity index (χ1v) is 7.12. The fourth-order valence-electron chi connectivity index (χ4n) is 2.43. The highest BCUT2D eigenvalue weighted by Gasteiger charge is 2.26. The van der Waals surface area contributed by atoms with Crippen molar-refractivity contribution in [2.45, 2.75) is 0 Å². The van der Waals surface area contributed by atoms with Gasteiger partial charge in [0.15, 0.2) is 0 Å². The van der Waals surface area contributed by atoms with Crippen LogP contribution in [0.25, 0.3) is 10.9 Å². The van der Waals surface area contributed by atoms with Crippen LogP contribution in [0.2, 0.25) is 0 Å². The van der Waals surface area contributed by atoms with Gasteiger partial charge in [-0.1, -0.05) is 0 Å². The molecule has 8 heteroatoms. The zero-order chi connectivity index (χ0) is 15.0. The molecule has 1 aliphatic rings. The number of aromatic nitrogens is 1. The predicted octanol–water partition coefficient (Wildman–Crippen LogP) is 2.88. The molecule has 0 radical (unpaired) electrons. The van der Waals surface area contributed by atoms with E-state index in [1.54, 1.807) is 0 Å². The molecule has 0 bridgehead atoms. The van der Waals surface area contributed by atoms with Crippen LogP contribution in [-0.4, -0.2) is 36.2 Å². The van der Waals surface area contributed by atoms with Gasteiger partial charge in [-0.25, -0.2) is 9.37 Å². The lowest BCUT2D eigenvalue weighted by Crippen LogP contribution is -2.36. The number of morpholine rings is 1. The van der Waals surface area contributed by atoms with Gasteiger partial charge in [0, 0.05) is 18.5 Å². The third-order valence-corrected chi connectivity index (χ3v) is 4.16. The van der Waals surface area contributed by atoms with Gasteiger partial charge in [0.05, 0.1) is 28.1 Å². The van der Waals surface area contributed by atoms with Crippen molar-refractivity contribution in [3.8, 4) is 0 Å². The van der Waals surface area contributed by atoms with Crippen LogP contribution < -0.4 is 4.90 Å². The maximum Gasteiger partial charge on any atom is 0.311 e. The Balaban J connectivity index is 2.28. The molecule has 1 aromatic heterocycles. The molecule has 1 fully saturated rings. The van der Waals surface area contributed by atoms with Gasteiger partial charge in [-0.15, -0.1) is 0 Å². The fraction of sp³-hybridized carbons (Fsp3) is 0.308. The summed E-state index contributed by atoms with van der Waals surface area (Å²) >= 11 is 3.15. The molecule has 0 atom stereocenters. The standard InChI is InChI=1S/C13H11BrFN3O3/c14-11-9(15)2-1-8-12(11)16-7-10(18(19)20)13(8)17-3-5-21-6-4-17/h1-2,7H,3-6H2. The van der Waals surface area contributed by atoms with Crippen molar-refractivity contribution in [1.29, 1.82) is 0 Å². The average molecular weight is 356 g/mol. The van der Waals surface area contributed by atoms with E-state index in [0.29, 0.717) is 42.9 Å². The molecular formula is C13H11BrFN3O3. The maximum atomic E-state index is 13.6. The van der Waals surface area contributed by atoms with E-state index in [1.807, 2.05) is 4.90 Å². The average Bonchev–Trinajstić information content (AvgIpc) is 2.50. The van der Waals surface area contributed by atoms with Crippen molar-refractivity contribution in [3.05, 3.63) is 38.7 Å². The van der Waals surface area contributed by atoms with Crippen molar-refractivity contribution >= 4 is 38.2 Å². The Morgan fingerprint density at radius 1 is 1.38 bits per heavy atom. The fourth-order valence-corrected chi connectivity index (χ4v) is 2.88. The molecule has 2 aromatic rings. The molecule has 0 spiro atoms. The van der Waals surface area contributed by atoms with E-state index in [9.17, 15) is 14.5 Å². The minimum absolute atomic E-state index is 0.0806. The van der Waals surface area contributed by atoms with Crippen LogP contribution in [0.5, 0.6) is 0 Å². The molecule has 21 heavy (non-hydrogen) atoms. The third kappa shape index (κ3) is 2.44. The van der Waals surface area contributed by atoms with Gasteiger partial charge in [0.1, 0.15) is 17.7 Å². The molecule has 0 N–H and O–H groups in total. The van der Waals surface area contributed by atoms with Crippen LogP contribution >= 0.6 is 15.9 Å². The van der Waals surface area contributed by atoms with Crippen molar-refractivity contribution in [2.24, 2.45) is 0 Å². The van der Waals surface area contributed by atoms with Gasteiger partial charge in [-0.05, 0) is 28.1 Å². The third-order valence-electron chi connectivity index (χ3n) is 3.41. The molecule has 0 aliphatic carbocycles. The first-order valence-electron chi connectivity index (χ1n) is 6.33. The minimum atomic E-state index is -0.464. The smallest absolute Gasteiger partial charge is 0.311 e. The lowest BCUT2D eigenvalue weighted by Gasteiger charge is -2.29. The maximum absolute atomic E-state index is 13.6. The van der Waals surface area contributed by atoms with Gasteiger partial charge in [-0.3, -0.25) is 10.1 Å². The van der Waals surface area contributed by atoms with Gasteiger partial charge in [-0.2, -0.15) is 0 Å². The van der Waals surface area contributed by atoms with Gasteiger partial charge in [0.25, 0.3) is 0 Å². The number of nitrogens with zero attached hydrogens (tertiary/aromatic N) is 3. The monoisotopic (exact) mass is 355 g/mol. The summed E-state index contributed by atoms with van der Waals surface area (Å²) in [6.07, 6.45) is 1.18. The second kappa shape index (κ2) is 5.53. The number of fused-ring (bicyclic) bond motifs is 1. The molecule has 1 aromatic carbocycles. The van der Waals surface area contributed by atoms with Crippen molar-refractivity contribution in [2.75, 3.05) is 31.2 Å². The molecule has 0 amide bonds. The summed E-state index contributed by atoms with van der Waals surface area (Å²) < 4.78 is 19.1. The first-order chi connectivity index (χ1) is 10.1. The van der Waals surface area contributed by atoms with Crippen LogP contribution in [0.4, 0.5) is 15.8 Å². The number of rotatable bonds is 2. The number of hydrogen-bond acceptors (Lipinski definition) is 5. The Bertz CT molecular complexity index is 719. The first kappa shape index (κ1) is 14.2. The highest BCUT2D eigenvalue weighted by atomic mass is 79.9. The van der Waals surface area contributed by atoms with E-state index in [-0.39, 0.29) is 10.2 Å². The number of anilines is 1. The molecule has 2 heterocycles. The van der Waals surface area contributed by atoms with E-state index >= 15 is 0 Å². The number of benzene rings is 1. The van der Waals surface area contributed by atoms with E-state index in [1.165, 1.54) is 18.3 Å². The Hall–Kier alpha value is -1.80. The van der Waals surface area contributed by atoms with Crippen LogP contribution in [0.1, 0.15) is 0 Å². The van der Waals surface area contributed by atoms with Crippen LogP contribution in [0, 0.1) is 15.9 Å². The van der Waals surface area contributed by atoms with Crippen LogP contribution in [-0.2, 0) is 4.74 Å². The molecule has 1 aliphatic heterocycles.